The molecule has 2 atom stereocenters. The van der Waals surface area contributed by atoms with Gasteiger partial charge in [0.05, 0.1) is 11.0 Å². The van der Waals surface area contributed by atoms with Crippen LogP contribution in [0.15, 0.2) is 29.2 Å². The molecule has 19 heavy (non-hydrogen) atoms. The molecule has 0 bridgehead atoms. The van der Waals surface area contributed by atoms with E-state index in [1.807, 2.05) is 0 Å². The van der Waals surface area contributed by atoms with Crippen LogP contribution in [-0.2, 0) is 10.0 Å². The number of hydrogen-bond acceptors (Lipinski definition) is 3. The van der Waals surface area contributed by atoms with Gasteiger partial charge in [-0.15, -0.1) is 0 Å². The Bertz CT molecular complexity index is 532. The molecule has 0 saturated heterocycles. The maximum Gasteiger partial charge on any atom is 0.241 e. The monoisotopic (exact) mass is 287 g/mol. The second kappa shape index (κ2) is 5.98. The van der Waals surface area contributed by atoms with Crippen LogP contribution in [0.3, 0.4) is 0 Å². The van der Waals surface area contributed by atoms with Crippen molar-refractivity contribution < 1.29 is 17.9 Å². The Morgan fingerprint density at radius 3 is 2.68 bits per heavy atom. The van der Waals surface area contributed by atoms with Crippen molar-refractivity contribution in [2.75, 3.05) is 0 Å². The van der Waals surface area contributed by atoms with E-state index in [4.69, 9.17) is 0 Å². The van der Waals surface area contributed by atoms with E-state index in [2.05, 4.69) is 4.72 Å². The molecule has 0 heterocycles. The first-order valence-electron chi connectivity index (χ1n) is 6.45. The summed E-state index contributed by atoms with van der Waals surface area (Å²) in [7, 11) is -3.78. The highest BCUT2D eigenvalue weighted by Crippen LogP contribution is 2.20. The second-order valence-electron chi connectivity index (χ2n) is 4.89. The molecule has 2 unspecified atom stereocenters. The van der Waals surface area contributed by atoms with Crippen molar-refractivity contribution in [2.45, 2.75) is 49.1 Å². The summed E-state index contributed by atoms with van der Waals surface area (Å²) in [5.41, 5.74) is 0. The second-order valence-corrected chi connectivity index (χ2v) is 6.60. The Morgan fingerprint density at radius 2 is 1.95 bits per heavy atom. The summed E-state index contributed by atoms with van der Waals surface area (Å²) < 4.78 is 39.8. The Balaban J connectivity index is 2.16. The fourth-order valence-corrected chi connectivity index (χ4v) is 3.66. The van der Waals surface area contributed by atoms with Gasteiger partial charge in [-0.25, -0.2) is 17.5 Å². The predicted octanol–water partition coefficient (Wildman–Crippen LogP) is 1.80. The summed E-state index contributed by atoms with van der Waals surface area (Å²) in [6.07, 6.45) is 3.31. The van der Waals surface area contributed by atoms with Gasteiger partial charge in [-0.2, -0.15) is 0 Å². The fraction of sp³-hybridized carbons (Fsp3) is 0.538. The molecule has 0 aromatic heterocycles. The van der Waals surface area contributed by atoms with Crippen LogP contribution in [0.1, 0.15) is 32.1 Å². The number of hydrogen-bond donors (Lipinski definition) is 2. The number of halogens is 1. The van der Waals surface area contributed by atoms with Crippen molar-refractivity contribution in [2.24, 2.45) is 0 Å². The summed E-state index contributed by atoms with van der Waals surface area (Å²) in [6.45, 7) is 0. The lowest BCUT2D eigenvalue weighted by Gasteiger charge is -2.21. The first-order valence-corrected chi connectivity index (χ1v) is 7.93. The van der Waals surface area contributed by atoms with Crippen LogP contribution in [0.5, 0.6) is 0 Å². The van der Waals surface area contributed by atoms with Gasteiger partial charge in [-0.1, -0.05) is 25.3 Å². The van der Waals surface area contributed by atoms with Gasteiger partial charge in [0.1, 0.15) is 5.82 Å². The predicted molar refractivity (Wildman–Crippen MR) is 69.6 cm³/mol. The molecule has 2 N–H and O–H groups in total. The summed E-state index contributed by atoms with van der Waals surface area (Å²) in [5, 5.41) is 9.91. The Morgan fingerprint density at radius 1 is 1.21 bits per heavy atom. The SMILES string of the molecule is O=S(=O)(NC1CCCCCC1O)c1cccc(F)c1. The lowest BCUT2D eigenvalue weighted by molar-refractivity contribution is 0.130. The van der Waals surface area contributed by atoms with E-state index in [1.54, 1.807) is 0 Å². The molecule has 1 aliphatic rings. The molecule has 2 rings (SSSR count). The molecule has 1 fully saturated rings. The van der Waals surface area contributed by atoms with Crippen LogP contribution in [0.2, 0.25) is 0 Å². The molecule has 0 radical (unpaired) electrons. The topological polar surface area (TPSA) is 66.4 Å². The minimum absolute atomic E-state index is 0.107. The van der Waals surface area contributed by atoms with Crippen LogP contribution >= 0.6 is 0 Å². The zero-order chi connectivity index (χ0) is 13.9. The lowest BCUT2D eigenvalue weighted by Crippen LogP contribution is -2.42. The van der Waals surface area contributed by atoms with E-state index in [0.717, 1.165) is 25.3 Å². The van der Waals surface area contributed by atoms with Crippen LogP contribution < -0.4 is 4.72 Å². The van der Waals surface area contributed by atoms with Crippen molar-refractivity contribution in [3.8, 4) is 0 Å². The van der Waals surface area contributed by atoms with Crippen molar-refractivity contribution in [1.29, 1.82) is 0 Å². The van der Waals surface area contributed by atoms with Gasteiger partial charge in [0, 0.05) is 6.04 Å². The van der Waals surface area contributed by atoms with E-state index in [9.17, 15) is 17.9 Å². The molecule has 106 valence electrons. The number of sulfonamides is 1. The smallest absolute Gasteiger partial charge is 0.241 e. The Kier molecular flexibility index (Phi) is 4.54. The third-order valence-electron chi connectivity index (χ3n) is 3.39. The third-order valence-corrected chi connectivity index (χ3v) is 4.88. The number of nitrogens with one attached hydrogen (secondary N) is 1. The van der Waals surface area contributed by atoms with Crippen molar-refractivity contribution >= 4 is 10.0 Å². The van der Waals surface area contributed by atoms with Gasteiger partial charge in [-0.05, 0) is 31.0 Å². The maximum absolute atomic E-state index is 13.1. The standard InChI is InChI=1S/C13H18FNO3S/c14-10-5-4-6-11(9-10)19(17,18)15-12-7-2-1-3-8-13(12)16/h4-6,9,12-13,15-16H,1-3,7-8H2. The summed E-state index contributed by atoms with van der Waals surface area (Å²) in [4.78, 5) is -0.107. The minimum atomic E-state index is -3.78. The van der Waals surface area contributed by atoms with Crippen LogP contribution in [-0.4, -0.2) is 25.7 Å². The van der Waals surface area contributed by atoms with Gasteiger partial charge in [0.2, 0.25) is 10.0 Å². The number of aliphatic hydroxyl groups is 1. The number of rotatable bonds is 3. The fourth-order valence-electron chi connectivity index (χ4n) is 2.33. The first-order chi connectivity index (χ1) is 8.99. The number of benzene rings is 1. The zero-order valence-electron chi connectivity index (χ0n) is 10.5. The summed E-state index contributed by atoms with van der Waals surface area (Å²) >= 11 is 0. The Labute approximate surface area is 112 Å². The maximum atomic E-state index is 13.1. The molecule has 1 aromatic carbocycles. The van der Waals surface area contributed by atoms with Crippen LogP contribution in [0, 0.1) is 5.82 Å². The average Bonchev–Trinajstić information content (AvgIpc) is 2.55. The van der Waals surface area contributed by atoms with Crippen molar-refractivity contribution in [3.05, 3.63) is 30.1 Å². The van der Waals surface area contributed by atoms with Gasteiger partial charge >= 0.3 is 0 Å². The summed E-state index contributed by atoms with van der Waals surface area (Å²) in [5.74, 6) is -0.593. The number of aliphatic hydroxyl groups excluding tert-OH is 1. The van der Waals surface area contributed by atoms with Gasteiger partial charge in [-0.3, -0.25) is 0 Å². The van der Waals surface area contributed by atoms with E-state index < -0.39 is 28.0 Å². The molecule has 1 saturated carbocycles. The summed E-state index contributed by atoms with van der Waals surface area (Å²) in [6, 6.07) is 4.38. The normalized spacial score (nSPS) is 24.9. The molecule has 0 spiro atoms. The average molecular weight is 287 g/mol. The van der Waals surface area contributed by atoms with Crippen molar-refractivity contribution in [1.82, 2.24) is 4.72 Å². The first kappa shape index (κ1) is 14.4. The lowest BCUT2D eigenvalue weighted by atomic mass is 10.1. The van der Waals surface area contributed by atoms with E-state index in [-0.39, 0.29) is 4.90 Å². The largest absolute Gasteiger partial charge is 0.391 e. The quantitative estimate of drug-likeness (QED) is 0.833. The molecular formula is C13H18FNO3S. The van der Waals surface area contributed by atoms with Crippen molar-refractivity contribution in [3.63, 3.8) is 0 Å². The van der Waals surface area contributed by atoms with E-state index in [1.165, 1.54) is 18.2 Å². The molecule has 1 aliphatic carbocycles. The zero-order valence-corrected chi connectivity index (χ0v) is 11.4. The highest BCUT2D eigenvalue weighted by atomic mass is 32.2. The van der Waals surface area contributed by atoms with Crippen LogP contribution in [0.4, 0.5) is 4.39 Å². The van der Waals surface area contributed by atoms with E-state index in [0.29, 0.717) is 12.8 Å². The highest BCUT2D eigenvalue weighted by molar-refractivity contribution is 7.89. The van der Waals surface area contributed by atoms with Gasteiger partial charge in [0.25, 0.3) is 0 Å². The molecule has 1 aromatic rings. The Hall–Kier alpha value is -0.980. The van der Waals surface area contributed by atoms with E-state index >= 15 is 0 Å². The highest BCUT2D eigenvalue weighted by Gasteiger charge is 2.27. The molecule has 0 aliphatic heterocycles. The molecular weight excluding hydrogens is 269 g/mol. The van der Waals surface area contributed by atoms with Gasteiger partial charge in [0.15, 0.2) is 0 Å². The molecule has 4 nitrogen and oxygen atoms in total. The molecule has 6 heteroatoms. The van der Waals surface area contributed by atoms with Crippen LogP contribution in [0.25, 0.3) is 0 Å². The minimum Gasteiger partial charge on any atom is -0.391 e. The molecule has 0 amide bonds. The third kappa shape index (κ3) is 3.75. The van der Waals surface area contributed by atoms with Gasteiger partial charge < -0.3 is 5.11 Å².